The Morgan fingerprint density at radius 3 is 3.00 bits per heavy atom. The number of benzene rings is 1. The second kappa shape index (κ2) is 6.30. The number of aromatic nitrogens is 1. The normalized spacial score (nSPS) is 10.9. The van der Waals surface area contributed by atoms with Crippen molar-refractivity contribution in [3.63, 3.8) is 0 Å². The zero-order valence-corrected chi connectivity index (χ0v) is 11.2. The summed E-state index contributed by atoms with van der Waals surface area (Å²) in [5.74, 6) is -0.650. The van der Waals surface area contributed by atoms with E-state index in [2.05, 4.69) is 15.0 Å². The van der Waals surface area contributed by atoms with Crippen molar-refractivity contribution in [3.8, 4) is 0 Å². The third kappa shape index (κ3) is 4.04. The van der Waals surface area contributed by atoms with Gasteiger partial charge in [0.2, 0.25) is 5.12 Å². The van der Waals surface area contributed by atoms with E-state index < -0.39 is 5.91 Å². The molecule has 98 valence electrons. The van der Waals surface area contributed by atoms with Gasteiger partial charge in [-0.1, -0.05) is 17.3 Å². The molecule has 1 heterocycles. The molecular formula is C11H9N3O3S2. The van der Waals surface area contributed by atoms with Crippen LogP contribution < -0.4 is 5.73 Å². The molecule has 0 radical (unpaired) electrons. The summed E-state index contributed by atoms with van der Waals surface area (Å²) in [5, 5.41) is 3.01. The highest BCUT2D eigenvalue weighted by Crippen LogP contribution is 2.29. The van der Waals surface area contributed by atoms with Crippen molar-refractivity contribution in [2.24, 2.45) is 10.9 Å². The van der Waals surface area contributed by atoms with Crippen LogP contribution in [0.1, 0.15) is 0 Å². The van der Waals surface area contributed by atoms with Crippen molar-refractivity contribution in [3.05, 3.63) is 24.3 Å². The Morgan fingerprint density at radius 1 is 1.47 bits per heavy atom. The first-order valence-electron chi connectivity index (χ1n) is 5.16. The fraction of sp³-hybridized carbons (Fsp3) is 0.0909. The number of rotatable bonds is 5. The Kier molecular flexibility index (Phi) is 4.48. The van der Waals surface area contributed by atoms with Crippen LogP contribution in [0.3, 0.4) is 0 Å². The summed E-state index contributed by atoms with van der Waals surface area (Å²) >= 11 is 2.38. The Balaban J connectivity index is 1.93. The van der Waals surface area contributed by atoms with Gasteiger partial charge in [0.1, 0.15) is 6.21 Å². The number of thiazole rings is 1. The number of nitrogens with zero attached hydrogens (tertiary/aromatic N) is 2. The minimum atomic E-state index is -0.650. The lowest BCUT2D eigenvalue weighted by Gasteiger charge is -1.92. The number of fused-ring (bicyclic) bond motifs is 1. The molecule has 0 spiro atoms. The Bertz CT molecular complexity index is 606. The summed E-state index contributed by atoms with van der Waals surface area (Å²) in [5.41, 5.74) is 5.69. The Labute approximate surface area is 116 Å². The number of carbonyl (C=O) groups is 2. The largest absolute Gasteiger partial charge is 0.386 e. The molecule has 0 saturated heterocycles. The van der Waals surface area contributed by atoms with Gasteiger partial charge in [-0.15, -0.1) is 11.3 Å². The van der Waals surface area contributed by atoms with Gasteiger partial charge in [0.25, 0.3) is 5.91 Å². The number of hydrogen-bond acceptors (Lipinski definition) is 7. The van der Waals surface area contributed by atoms with E-state index in [1.165, 1.54) is 11.3 Å². The SMILES string of the molecule is NC(=O)CON=CC(=O)Sc1nc2ccccc2s1. The molecule has 0 atom stereocenters. The summed E-state index contributed by atoms with van der Waals surface area (Å²) in [7, 11) is 0. The molecule has 2 rings (SSSR count). The van der Waals surface area contributed by atoms with Crippen molar-refractivity contribution < 1.29 is 14.4 Å². The minimum Gasteiger partial charge on any atom is -0.386 e. The second-order valence-electron chi connectivity index (χ2n) is 3.34. The summed E-state index contributed by atoms with van der Waals surface area (Å²) < 4.78 is 1.65. The number of oxime groups is 1. The topological polar surface area (TPSA) is 94.6 Å². The highest BCUT2D eigenvalue weighted by Gasteiger charge is 2.08. The van der Waals surface area contributed by atoms with Gasteiger partial charge >= 0.3 is 0 Å². The van der Waals surface area contributed by atoms with E-state index >= 15 is 0 Å². The Morgan fingerprint density at radius 2 is 2.26 bits per heavy atom. The number of hydrogen-bond donors (Lipinski definition) is 1. The first-order chi connectivity index (χ1) is 9.15. The molecule has 0 aliphatic heterocycles. The maximum absolute atomic E-state index is 11.5. The van der Waals surface area contributed by atoms with E-state index in [4.69, 9.17) is 5.73 Å². The lowest BCUT2D eigenvalue weighted by atomic mass is 10.3. The quantitative estimate of drug-likeness (QED) is 0.511. The molecule has 1 amide bonds. The van der Waals surface area contributed by atoms with Crippen molar-refractivity contribution in [1.29, 1.82) is 0 Å². The third-order valence-corrected chi connectivity index (χ3v) is 3.81. The van der Waals surface area contributed by atoms with Crippen LogP contribution in [0.2, 0.25) is 0 Å². The molecule has 0 fully saturated rings. The molecule has 0 aliphatic carbocycles. The summed E-state index contributed by atoms with van der Waals surface area (Å²) in [6.07, 6.45) is 0.986. The van der Waals surface area contributed by atoms with Crippen LogP contribution in [0.25, 0.3) is 10.2 Å². The smallest absolute Gasteiger partial charge is 0.258 e. The van der Waals surface area contributed by atoms with E-state index in [1.807, 2.05) is 24.3 Å². The molecule has 1 aromatic heterocycles. The summed E-state index contributed by atoms with van der Waals surface area (Å²) in [4.78, 5) is 30.7. The predicted molar refractivity (Wildman–Crippen MR) is 74.1 cm³/mol. The molecule has 6 nitrogen and oxygen atoms in total. The summed E-state index contributed by atoms with van der Waals surface area (Å²) in [6, 6.07) is 7.61. The van der Waals surface area contributed by atoms with Crippen LogP contribution in [0, 0.1) is 0 Å². The molecule has 0 aliphatic rings. The lowest BCUT2D eigenvalue weighted by molar-refractivity contribution is -0.122. The number of primary amides is 1. The van der Waals surface area contributed by atoms with E-state index in [-0.39, 0.29) is 11.7 Å². The van der Waals surface area contributed by atoms with Gasteiger partial charge in [-0.05, 0) is 23.9 Å². The first kappa shape index (κ1) is 13.5. The highest BCUT2D eigenvalue weighted by molar-refractivity contribution is 8.16. The van der Waals surface area contributed by atoms with Crippen molar-refractivity contribution in [1.82, 2.24) is 4.98 Å². The van der Waals surface area contributed by atoms with Crippen molar-refractivity contribution in [2.75, 3.05) is 6.61 Å². The number of thioether (sulfide) groups is 1. The van der Waals surface area contributed by atoms with Crippen LogP contribution in [0.4, 0.5) is 0 Å². The fourth-order valence-corrected chi connectivity index (χ4v) is 2.98. The van der Waals surface area contributed by atoms with Gasteiger partial charge in [-0.3, -0.25) is 9.59 Å². The zero-order valence-electron chi connectivity index (χ0n) is 9.61. The molecule has 19 heavy (non-hydrogen) atoms. The number of carbonyl (C=O) groups excluding carboxylic acids is 2. The number of amides is 1. The van der Waals surface area contributed by atoms with Gasteiger partial charge in [0, 0.05) is 0 Å². The van der Waals surface area contributed by atoms with Crippen LogP contribution in [0.5, 0.6) is 0 Å². The number of para-hydroxylation sites is 1. The van der Waals surface area contributed by atoms with Gasteiger partial charge in [-0.2, -0.15) is 0 Å². The van der Waals surface area contributed by atoms with E-state index in [0.29, 0.717) is 4.34 Å². The molecular weight excluding hydrogens is 286 g/mol. The molecule has 8 heteroatoms. The van der Waals surface area contributed by atoms with Crippen molar-refractivity contribution in [2.45, 2.75) is 4.34 Å². The van der Waals surface area contributed by atoms with Gasteiger partial charge in [0.15, 0.2) is 10.9 Å². The zero-order chi connectivity index (χ0) is 13.7. The predicted octanol–water partition coefficient (Wildman–Crippen LogP) is 1.40. The van der Waals surface area contributed by atoms with Crippen LogP contribution >= 0.6 is 23.1 Å². The molecule has 0 unspecified atom stereocenters. The van der Waals surface area contributed by atoms with E-state index in [1.54, 1.807) is 0 Å². The Hall–Kier alpha value is -1.93. The molecule has 0 bridgehead atoms. The van der Waals surface area contributed by atoms with Crippen molar-refractivity contribution >= 4 is 50.6 Å². The monoisotopic (exact) mass is 295 g/mol. The average molecular weight is 295 g/mol. The molecule has 1 aromatic carbocycles. The molecule has 0 saturated carbocycles. The second-order valence-corrected chi connectivity index (χ2v) is 5.63. The average Bonchev–Trinajstić information content (AvgIpc) is 2.76. The van der Waals surface area contributed by atoms with Crippen LogP contribution in [-0.2, 0) is 14.4 Å². The highest BCUT2D eigenvalue weighted by atomic mass is 32.2. The van der Waals surface area contributed by atoms with Gasteiger partial charge in [-0.25, -0.2) is 4.98 Å². The van der Waals surface area contributed by atoms with Gasteiger partial charge in [0.05, 0.1) is 10.2 Å². The maximum Gasteiger partial charge on any atom is 0.258 e. The van der Waals surface area contributed by atoms with Crippen LogP contribution in [0.15, 0.2) is 33.8 Å². The van der Waals surface area contributed by atoms with E-state index in [9.17, 15) is 9.59 Å². The first-order valence-corrected chi connectivity index (χ1v) is 6.79. The van der Waals surface area contributed by atoms with Gasteiger partial charge < -0.3 is 10.6 Å². The maximum atomic E-state index is 11.5. The standard InChI is InChI=1S/C11H9N3O3S2/c12-9(15)6-17-13-5-10(16)19-11-14-7-3-1-2-4-8(7)18-11/h1-5H,6H2,(H2,12,15). The molecule has 2 aromatic rings. The lowest BCUT2D eigenvalue weighted by Crippen LogP contribution is -2.16. The number of nitrogens with two attached hydrogens (primary N) is 1. The fourth-order valence-electron chi connectivity index (χ4n) is 1.19. The van der Waals surface area contributed by atoms with E-state index in [0.717, 1.165) is 28.2 Å². The minimum absolute atomic E-state index is 0.330. The summed E-state index contributed by atoms with van der Waals surface area (Å²) in [6.45, 7) is -0.352. The molecule has 2 N–H and O–H groups in total. The van der Waals surface area contributed by atoms with Crippen LogP contribution in [-0.4, -0.2) is 28.8 Å². The third-order valence-electron chi connectivity index (χ3n) is 1.90.